The van der Waals surface area contributed by atoms with Gasteiger partial charge in [0.05, 0.1) is 5.56 Å². The molecule has 0 unspecified atom stereocenters. The summed E-state index contributed by atoms with van der Waals surface area (Å²) in [5.41, 5.74) is 0.476. The Morgan fingerprint density at radius 3 is 2.33 bits per heavy atom. The summed E-state index contributed by atoms with van der Waals surface area (Å²) in [5, 5.41) is 14.9. The molecule has 1 amide bonds. The van der Waals surface area contributed by atoms with E-state index < -0.39 is 5.97 Å². The second-order valence-corrected chi connectivity index (χ2v) is 3.66. The Bertz CT molecular complexity index is 586. The number of aryl methyl sites for hydroxylation is 1. The molecule has 0 spiro atoms. The number of carboxylic acid groups (broad SMARTS) is 1. The van der Waals surface area contributed by atoms with Gasteiger partial charge in [0.25, 0.3) is 5.91 Å². The van der Waals surface area contributed by atoms with Crippen LogP contribution in [0.2, 0.25) is 0 Å². The summed E-state index contributed by atoms with van der Waals surface area (Å²) in [6, 6.07) is 7.19. The van der Waals surface area contributed by atoms with Gasteiger partial charge < -0.3 is 14.9 Å². The Kier molecular flexibility index (Phi) is 3.09. The van der Waals surface area contributed by atoms with Gasteiger partial charge in [-0.25, -0.2) is 4.79 Å². The Hall–Kier alpha value is -2.63. The van der Waals surface area contributed by atoms with Crippen molar-refractivity contribution in [3.8, 4) is 0 Å². The van der Waals surface area contributed by atoms with Gasteiger partial charge in [-0.1, -0.05) is 5.16 Å². The molecular formula is C12H10N2O4. The number of carbonyl (C=O) groups excluding carboxylic acids is 1. The molecule has 6 nitrogen and oxygen atoms in total. The zero-order valence-electron chi connectivity index (χ0n) is 9.51. The SMILES string of the molecule is Cc1cc(NC(=O)c2ccc(C(=O)O)cc2)no1. The molecule has 92 valence electrons. The van der Waals surface area contributed by atoms with E-state index in [-0.39, 0.29) is 11.5 Å². The number of carbonyl (C=O) groups is 2. The Balaban J connectivity index is 2.11. The average Bonchev–Trinajstić information content (AvgIpc) is 2.75. The molecular weight excluding hydrogens is 236 g/mol. The van der Waals surface area contributed by atoms with Crippen LogP contribution in [0.4, 0.5) is 5.82 Å². The fraction of sp³-hybridized carbons (Fsp3) is 0.0833. The zero-order valence-corrected chi connectivity index (χ0v) is 9.51. The van der Waals surface area contributed by atoms with Crippen LogP contribution >= 0.6 is 0 Å². The van der Waals surface area contributed by atoms with Crippen molar-refractivity contribution >= 4 is 17.7 Å². The minimum atomic E-state index is -1.03. The molecule has 0 aliphatic rings. The van der Waals surface area contributed by atoms with Gasteiger partial charge in [0, 0.05) is 11.6 Å². The molecule has 1 heterocycles. The monoisotopic (exact) mass is 246 g/mol. The van der Waals surface area contributed by atoms with Crippen LogP contribution in [0.1, 0.15) is 26.5 Å². The smallest absolute Gasteiger partial charge is 0.335 e. The fourth-order valence-corrected chi connectivity index (χ4v) is 1.38. The maximum Gasteiger partial charge on any atom is 0.335 e. The number of amides is 1. The van der Waals surface area contributed by atoms with Crippen LogP contribution in [0.25, 0.3) is 0 Å². The van der Waals surface area contributed by atoms with Gasteiger partial charge in [-0.15, -0.1) is 0 Å². The van der Waals surface area contributed by atoms with Gasteiger partial charge in [-0.05, 0) is 31.2 Å². The largest absolute Gasteiger partial charge is 0.478 e. The standard InChI is InChI=1S/C12H10N2O4/c1-7-6-10(14-18-7)13-11(15)8-2-4-9(5-3-8)12(16)17/h2-6H,1H3,(H,16,17)(H,13,14,15). The molecule has 18 heavy (non-hydrogen) atoms. The van der Waals surface area contributed by atoms with Crippen molar-refractivity contribution < 1.29 is 19.2 Å². The zero-order chi connectivity index (χ0) is 13.1. The van der Waals surface area contributed by atoms with Crippen LogP contribution < -0.4 is 5.32 Å². The maximum absolute atomic E-state index is 11.8. The number of nitrogens with zero attached hydrogens (tertiary/aromatic N) is 1. The van der Waals surface area contributed by atoms with E-state index in [4.69, 9.17) is 9.63 Å². The molecule has 0 fully saturated rings. The van der Waals surface area contributed by atoms with Crippen LogP contribution in [-0.2, 0) is 0 Å². The molecule has 0 saturated carbocycles. The molecule has 0 aliphatic carbocycles. The first kappa shape index (κ1) is 11.8. The number of carboxylic acids is 1. The molecule has 1 aromatic carbocycles. The van der Waals surface area contributed by atoms with Crippen LogP contribution in [-0.4, -0.2) is 22.1 Å². The molecule has 0 saturated heterocycles. The van der Waals surface area contributed by atoms with Gasteiger partial charge in [-0.3, -0.25) is 4.79 Å². The summed E-state index contributed by atoms with van der Waals surface area (Å²) in [6.45, 7) is 1.71. The van der Waals surface area contributed by atoms with Crippen molar-refractivity contribution in [1.82, 2.24) is 5.16 Å². The number of aromatic nitrogens is 1. The summed E-state index contributed by atoms with van der Waals surface area (Å²) in [4.78, 5) is 22.4. The van der Waals surface area contributed by atoms with Crippen LogP contribution in [0, 0.1) is 6.92 Å². The first-order valence-electron chi connectivity index (χ1n) is 5.14. The third-order valence-corrected chi connectivity index (χ3v) is 2.26. The molecule has 0 radical (unpaired) electrons. The van der Waals surface area contributed by atoms with Gasteiger partial charge in [0.15, 0.2) is 5.82 Å². The molecule has 0 aliphatic heterocycles. The van der Waals surface area contributed by atoms with E-state index in [0.717, 1.165) is 0 Å². The third kappa shape index (κ3) is 2.54. The topological polar surface area (TPSA) is 92.4 Å². The van der Waals surface area contributed by atoms with Crippen molar-refractivity contribution in [2.75, 3.05) is 5.32 Å². The number of aromatic carboxylic acids is 1. The normalized spacial score (nSPS) is 10.1. The second kappa shape index (κ2) is 4.70. The predicted octanol–water partition coefficient (Wildman–Crippen LogP) is 1.93. The highest BCUT2D eigenvalue weighted by Gasteiger charge is 2.10. The summed E-state index contributed by atoms with van der Waals surface area (Å²) >= 11 is 0. The predicted molar refractivity (Wildman–Crippen MR) is 62.6 cm³/mol. The molecule has 0 atom stereocenters. The van der Waals surface area contributed by atoms with Crippen LogP contribution in [0.3, 0.4) is 0 Å². The number of nitrogens with one attached hydrogen (secondary N) is 1. The van der Waals surface area contributed by atoms with Crippen LogP contribution in [0.5, 0.6) is 0 Å². The van der Waals surface area contributed by atoms with Crippen molar-refractivity contribution in [3.63, 3.8) is 0 Å². The molecule has 2 aromatic rings. The summed E-state index contributed by atoms with van der Waals surface area (Å²) in [5.74, 6) is -0.499. The lowest BCUT2D eigenvalue weighted by molar-refractivity contribution is 0.0696. The number of benzene rings is 1. The second-order valence-electron chi connectivity index (χ2n) is 3.66. The Morgan fingerprint density at radius 1 is 1.22 bits per heavy atom. The van der Waals surface area contributed by atoms with E-state index in [2.05, 4.69) is 10.5 Å². The molecule has 2 N–H and O–H groups in total. The molecule has 2 rings (SSSR count). The lowest BCUT2D eigenvalue weighted by Crippen LogP contribution is -2.12. The van der Waals surface area contributed by atoms with Gasteiger partial charge in [-0.2, -0.15) is 0 Å². The van der Waals surface area contributed by atoms with E-state index in [0.29, 0.717) is 17.1 Å². The minimum absolute atomic E-state index is 0.129. The molecule has 1 aromatic heterocycles. The number of rotatable bonds is 3. The molecule has 0 bridgehead atoms. The summed E-state index contributed by atoms with van der Waals surface area (Å²) in [7, 11) is 0. The average molecular weight is 246 g/mol. The number of hydrogen-bond acceptors (Lipinski definition) is 4. The lowest BCUT2D eigenvalue weighted by atomic mass is 10.1. The van der Waals surface area contributed by atoms with E-state index in [1.807, 2.05) is 0 Å². The van der Waals surface area contributed by atoms with Crippen molar-refractivity contribution in [3.05, 3.63) is 47.2 Å². The van der Waals surface area contributed by atoms with Crippen molar-refractivity contribution in [1.29, 1.82) is 0 Å². The van der Waals surface area contributed by atoms with Crippen LogP contribution in [0.15, 0.2) is 34.9 Å². The number of anilines is 1. The van der Waals surface area contributed by atoms with Gasteiger partial charge in [0.2, 0.25) is 0 Å². The number of hydrogen-bond donors (Lipinski definition) is 2. The summed E-state index contributed by atoms with van der Waals surface area (Å²) < 4.78 is 4.81. The van der Waals surface area contributed by atoms with Crippen molar-refractivity contribution in [2.45, 2.75) is 6.92 Å². The van der Waals surface area contributed by atoms with E-state index in [9.17, 15) is 9.59 Å². The highest BCUT2D eigenvalue weighted by Crippen LogP contribution is 2.10. The highest BCUT2D eigenvalue weighted by molar-refractivity contribution is 6.04. The Morgan fingerprint density at radius 2 is 1.83 bits per heavy atom. The minimum Gasteiger partial charge on any atom is -0.478 e. The van der Waals surface area contributed by atoms with Crippen molar-refractivity contribution in [2.24, 2.45) is 0 Å². The lowest BCUT2D eigenvalue weighted by Gasteiger charge is -2.01. The maximum atomic E-state index is 11.8. The van der Waals surface area contributed by atoms with E-state index in [1.54, 1.807) is 13.0 Å². The van der Waals surface area contributed by atoms with Gasteiger partial charge >= 0.3 is 5.97 Å². The van der Waals surface area contributed by atoms with E-state index >= 15 is 0 Å². The highest BCUT2D eigenvalue weighted by atomic mass is 16.5. The van der Waals surface area contributed by atoms with E-state index in [1.165, 1.54) is 24.3 Å². The quantitative estimate of drug-likeness (QED) is 0.863. The van der Waals surface area contributed by atoms with Gasteiger partial charge in [0.1, 0.15) is 5.76 Å². The fourth-order valence-electron chi connectivity index (χ4n) is 1.38. The first-order chi connectivity index (χ1) is 8.56. The Labute approximate surface area is 102 Å². The third-order valence-electron chi connectivity index (χ3n) is 2.26. The molecule has 6 heteroatoms. The summed E-state index contributed by atoms with van der Waals surface area (Å²) in [6.07, 6.45) is 0. The first-order valence-corrected chi connectivity index (χ1v) is 5.14.